The minimum Gasteiger partial charge on any atom is -0.480 e. The number of amides is 7. The molecule has 3 rings (SSSR count). The molecule has 16 atom stereocenters. The quantitative estimate of drug-likeness (QED) is 0.0383. The van der Waals surface area contributed by atoms with Crippen molar-refractivity contribution in [3.8, 4) is 0 Å². The number of hydrogen-bond acceptors (Lipinski definition) is 20. The number of carboxylic acid groups (broad SMARTS) is 3. The Balaban J connectivity index is 1.68. The van der Waals surface area contributed by atoms with Gasteiger partial charge in [-0.1, -0.05) is 0 Å². The van der Waals surface area contributed by atoms with Crippen molar-refractivity contribution in [2.45, 2.75) is 145 Å². The highest BCUT2D eigenvalue weighted by Crippen LogP contribution is 2.35. The van der Waals surface area contributed by atoms with E-state index in [0.29, 0.717) is 0 Å². The maximum absolute atomic E-state index is 13.5. The summed E-state index contributed by atoms with van der Waals surface area (Å²) in [4.78, 5) is 124. The van der Waals surface area contributed by atoms with Crippen LogP contribution in [0, 0.1) is 0 Å². The second-order valence-electron chi connectivity index (χ2n) is 16.0. The molecule has 0 aromatic carbocycles. The van der Waals surface area contributed by atoms with Crippen LogP contribution in [-0.2, 0) is 71.6 Å². The number of rotatable bonds is 26. The Labute approximate surface area is 391 Å². The van der Waals surface area contributed by atoms with Crippen molar-refractivity contribution < 1.29 is 102 Å². The summed E-state index contributed by atoms with van der Waals surface area (Å²) in [5.74, 6) is -10.6. The van der Waals surface area contributed by atoms with Gasteiger partial charge in [0.05, 0.1) is 13.2 Å². The molecule has 29 nitrogen and oxygen atoms in total. The second-order valence-corrected chi connectivity index (χ2v) is 17.1. The lowest BCUT2D eigenvalue weighted by molar-refractivity contribution is -0.313. The molecule has 3 saturated heterocycles. The van der Waals surface area contributed by atoms with Gasteiger partial charge in [0.1, 0.15) is 91.6 Å². The van der Waals surface area contributed by atoms with Crippen molar-refractivity contribution >= 4 is 71.0 Å². The third kappa shape index (κ3) is 16.7. The zero-order valence-corrected chi connectivity index (χ0v) is 38.3. The Bertz CT molecular complexity index is 1850. The normalized spacial score (nSPS) is 27.9. The summed E-state index contributed by atoms with van der Waals surface area (Å²) in [5.41, 5.74) is 5.51. The van der Waals surface area contributed by atoms with Gasteiger partial charge in [0.2, 0.25) is 41.4 Å². The summed E-state index contributed by atoms with van der Waals surface area (Å²) in [6.07, 6.45) is -13.6. The van der Waals surface area contributed by atoms with Crippen molar-refractivity contribution in [3.63, 3.8) is 0 Å². The van der Waals surface area contributed by atoms with Crippen LogP contribution >= 0.6 is 11.8 Å². The summed E-state index contributed by atoms with van der Waals surface area (Å²) < 4.78 is 29.7. The smallest absolute Gasteiger partial charge is 0.326 e. The van der Waals surface area contributed by atoms with Gasteiger partial charge in [0.15, 0.2) is 12.6 Å². The highest BCUT2D eigenvalue weighted by atomic mass is 32.2. The molecule has 3 heterocycles. The minimum absolute atomic E-state index is 0.128. The molecule has 0 aliphatic carbocycles. The molecule has 0 aromatic heterocycles. The lowest BCUT2D eigenvalue weighted by atomic mass is 9.95. The molecule has 16 unspecified atom stereocenters. The first-order valence-corrected chi connectivity index (χ1v) is 22.2. The van der Waals surface area contributed by atoms with E-state index in [9.17, 15) is 68.4 Å². The molecule has 3 aliphatic rings. The lowest BCUT2D eigenvalue weighted by Gasteiger charge is -2.47. The van der Waals surface area contributed by atoms with E-state index in [1.165, 1.54) is 27.7 Å². The van der Waals surface area contributed by atoms with Crippen LogP contribution in [0.5, 0.6) is 0 Å². The van der Waals surface area contributed by atoms with Crippen LogP contribution < -0.4 is 43.0 Å². The fourth-order valence-corrected chi connectivity index (χ4v) is 7.88. The average molecular weight is 997 g/mol. The van der Waals surface area contributed by atoms with Crippen LogP contribution in [0.4, 0.5) is 0 Å². The maximum Gasteiger partial charge on any atom is 0.326 e. The van der Waals surface area contributed by atoms with Crippen LogP contribution in [0.15, 0.2) is 0 Å². The van der Waals surface area contributed by atoms with Crippen molar-refractivity contribution in [3.05, 3.63) is 0 Å². The molecule has 7 amide bonds. The summed E-state index contributed by atoms with van der Waals surface area (Å²) in [7, 11) is 0. The number of carbonyl (C=O) groups excluding carboxylic acids is 7. The van der Waals surface area contributed by atoms with Gasteiger partial charge in [-0.05, 0) is 27.2 Å². The molecule has 0 saturated carbocycles. The second kappa shape index (κ2) is 26.4. The number of nitrogens with two attached hydrogens (primary N) is 1. The van der Waals surface area contributed by atoms with E-state index in [2.05, 4.69) is 37.2 Å². The number of carbonyl (C=O) groups is 10. The minimum atomic E-state index is -1.73. The third-order valence-corrected chi connectivity index (χ3v) is 11.6. The molecular weight excluding hydrogens is 937 g/mol. The van der Waals surface area contributed by atoms with E-state index >= 15 is 0 Å². The van der Waals surface area contributed by atoms with Crippen molar-refractivity contribution in [1.29, 1.82) is 0 Å². The molecule has 0 spiro atoms. The van der Waals surface area contributed by atoms with Gasteiger partial charge in [0, 0.05) is 31.8 Å². The summed E-state index contributed by atoms with van der Waals surface area (Å²) >= 11 is 0.860. The number of aliphatic hydroxyl groups is 3. The summed E-state index contributed by atoms with van der Waals surface area (Å²) in [6.45, 7) is 4.39. The number of nitrogens with one attached hydrogen (secondary N) is 7. The SMILES string of the molecule is CC(=O)NC1C(OC2C3COC(O3)C(NC(C)=O)C2OC(C)C(=O)NC(C)C(=O)NC(CCC(=O)NC(CSCC(N)C(=O)O)C(=O)NC(C)C(=O)NCC(=O)O)C(=O)O)OC(CO)C(O)C1O. The van der Waals surface area contributed by atoms with Crippen LogP contribution in [0.2, 0.25) is 0 Å². The first kappa shape index (κ1) is 57.0. The number of fused-ring (bicyclic) bond motifs is 2. The standard InChI is InChI=1S/C38H60N8O21S/c1-13(31(55)40-8-24(51)52)42-34(58)20(12-68-11-18(39)35(59)60)45-23(50)7-6-19(36(61)62)46-32(56)14(2)41-33(57)15(3)64-30-26(44-17(5)49)37-63-10-22(66-37)29(30)67-38-25(43-16(4)48)28(54)27(53)21(9-47)65-38/h13-15,18-22,25-30,37-38,47,53-54H,6-12,39H2,1-5H3,(H,40,55)(H,41,57)(H,42,58)(H,43,48)(H,44,49)(H,45,50)(H,46,56)(H,51,52)(H,59,60)(H,61,62). The third-order valence-electron chi connectivity index (χ3n) is 10.5. The van der Waals surface area contributed by atoms with Crippen LogP contribution in [0.1, 0.15) is 47.5 Å². The van der Waals surface area contributed by atoms with Gasteiger partial charge in [-0.25, -0.2) is 4.79 Å². The zero-order chi connectivity index (χ0) is 51.2. The lowest BCUT2D eigenvalue weighted by Crippen LogP contribution is -2.68. The molecule has 68 heavy (non-hydrogen) atoms. The van der Waals surface area contributed by atoms with E-state index < -0.39 is 183 Å². The molecule has 15 N–H and O–H groups in total. The first-order chi connectivity index (χ1) is 31.8. The predicted molar refractivity (Wildman–Crippen MR) is 226 cm³/mol. The summed E-state index contributed by atoms with van der Waals surface area (Å²) in [5, 5.41) is 75.3. The maximum atomic E-state index is 13.5. The molecule has 384 valence electrons. The van der Waals surface area contributed by atoms with Crippen LogP contribution in [0.3, 0.4) is 0 Å². The van der Waals surface area contributed by atoms with E-state index in [-0.39, 0.29) is 18.1 Å². The summed E-state index contributed by atoms with van der Waals surface area (Å²) in [6, 6.07) is -9.77. The first-order valence-electron chi connectivity index (χ1n) is 21.1. The average Bonchev–Trinajstić information content (AvgIpc) is 3.71. The Morgan fingerprint density at radius 2 is 1.35 bits per heavy atom. The van der Waals surface area contributed by atoms with Gasteiger partial charge in [-0.3, -0.25) is 43.2 Å². The molecular formula is C38H60N8O21S. The van der Waals surface area contributed by atoms with Crippen LogP contribution in [-0.4, -0.2) is 219 Å². The van der Waals surface area contributed by atoms with Crippen molar-refractivity contribution in [2.24, 2.45) is 5.73 Å². The number of ether oxygens (including phenoxy) is 5. The Morgan fingerprint density at radius 3 is 1.94 bits per heavy atom. The predicted octanol–water partition coefficient (Wildman–Crippen LogP) is -7.46. The molecule has 0 aromatic rings. The topological polar surface area (TPSA) is 448 Å². The molecule has 3 fully saturated rings. The fourth-order valence-electron chi connectivity index (χ4n) is 6.88. The Kier molecular flexibility index (Phi) is 22.2. The molecule has 0 radical (unpaired) electrons. The zero-order valence-electron chi connectivity index (χ0n) is 37.5. The van der Waals surface area contributed by atoms with Gasteiger partial charge >= 0.3 is 17.9 Å². The van der Waals surface area contributed by atoms with Gasteiger partial charge in [-0.15, -0.1) is 0 Å². The highest BCUT2D eigenvalue weighted by molar-refractivity contribution is 7.99. The van der Waals surface area contributed by atoms with Crippen molar-refractivity contribution in [2.75, 3.05) is 31.3 Å². The van der Waals surface area contributed by atoms with E-state index in [0.717, 1.165) is 18.7 Å². The van der Waals surface area contributed by atoms with Crippen LogP contribution in [0.25, 0.3) is 0 Å². The van der Waals surface area contributed by atoms with Gasteiger partial charge in [-0.2, -0.15) is 11.8 Å². The van der Waals surface area contributed by atoms with Gasteiger partial charge in [0.25, 0.3) is 0 Å². The molecule has 30 heteroatoms. The largest absolute Gasteiger partial charge is 0.480 e. The Hall–Kier alpha value is -5.31. The fraction of sp³-hybridized carbons (Fsp3) is 0.737. The number of aliphatic hydroxyl groups excluding tert-OH is 3. The number of hydrogen-bond donors (Lipinski definition) is 14. The van der Waals surface area contributed by atoms with E-state index in [1.807, 2.05) is 0 Å². The van der Waals surface area contributed by atoms with E-state index in [4.69, 9.17) is 39.6 Å². The van der Waals surface area contributed by atoms with E-state index in [1.54, 1.807) is 0 Å². The monoisotopic (exact) mass is 996 g/mol. The molecule has 3 aliphatic heterocycles. The number of thioether (sulfide) groups is 1. The number of aliphatic carboxylic acids is 3. The van der Waals surface area contributed by atoms with Crippen molar-refractivity contribution in [1.82, 2.24) is 37.2 Å². The number of carboxylic acids is 3. The Morgan fingerprint density at radius 1 is 0.735 bits per heavy atom. The van der Waals surface area contributed by atoms with Gasteiger partial charge < -0.3 is 97.3 Å². The molecule has 2 bridgehead atoms. The highest BCUT2D eigenvalue weighted by Gasteiger charge is 2.56.